The molecule has 1 aromatic carbocycles. The molecule has 0 amide bonds. The summed E-state index contributed by atoms with van der Waals surface area (Å²) in [5.41, 5.74) is 1.06. The summed E-state index contributed by atoms with van der Waals surface area (Å²) in [4.78, 5) is 6.86. The lowest BCUT2D eigenvalue weighted by molar-refractivity contribution is 0.181. The minimum Gasteiger partial charge on any atom is -0.337 e. The monoisotopic (exact) mass is 398 g/mol. The van der Waals surface area contributed by atoms with Crippen molar-refractivity contribution in [2.45, 2.75) is 38.4 Å². The van der Waals surface area contributed by atoms with Crippen LogP contribution in [-0.2, 0) is 20.1 Å². The largest absolute Gasteiger partial charge is 0.337 e. The predicted octanol–water partition coefficient (Wildman–Crippen LogP) is 3.78. The van der Waals surface area contributed by atoms with E-state index in [0.717, 1.165) is 25.5 Å². The highest BCUT2D eigenvalue weighted by Gasteiger charge is 2.56. The van der Waals surface area contributed by atoms with Crippen LogP contribution in [0, 0.1) is 11.2 Å². The Bertz CT molecular complexity index is 758. The molecule has 1 unspecified atom stereocenters. The first-order chi connectivity index (χ1) is 12.1. The number of hydrogen-bond donors (Lipinski definition) is 1. The maximum Gasteiger partial charge on any atom is 0.146 e. The number of imidazole rings is 1. The quantitative estimate of drug-likeness (QED) is 0.831. The molecular weight excluding hydrogens is 374 g/mol. The van der Waals surface area contributed by atoms with E-state index in [0.29, 0.717) is 23.6 Å². The number of hydrogen-bond acceptors (Lipinski definition) is 3. The Hall–Kier alpha value is -1.14. The van der Waals surface area contributed by atoms with Crippen molar-refractivity contribution in [1.82, 2.24) is 19.8 Å². The fourth-order valence-electron chi connectivity index (χ4n) is 4.20. The highest BCUT2D eigenvalue weighted by molar-refractivity contribution is 6.30. The molecule has 0 radical (unpaired) electrons. The van der Waals surface area contributed by atoms with Crippen molar-refractivity contribution >= 4 is 24.0 Å². The third-order valence-electron chi connectivity index (χ3n) is 5.86. The van der Waals surface area contributed by atoms with Gasteiger partial charge >= 0.3 is 0 Å². The Kier molecular flexibility index (Phi) is 5.92. The van der Waals surface area contributed by atoms with Gasteiger partial charge in [0.15, 0.2) is 0 Å². The molecule has 4 nitrogen and oxygen atoms in total. The van der Waals surface area contributed by atoms with Gasteiger partial charge in [0, 0.05) is 37.6 Å². The summed E-state index contributed by atoms with van der Waals surface area (Å²) in [5, 5.41) is 3.64. The molecule has 1 atom stereocenters. The van der Waals surface area contributed by atoms with Crippen LogP contribution in [0.15, 0.2) is 30.6 Å². The lowest BCUT2D eigenvalue weighted by Gasteiger charge is -2.29. The second kappa shape index (κ2) is 7.85. The molecule has 2 fully saturated rings. The van der Waals surface area contributed by atoms with E-state index in [2.05, 4.69) is 15.2 Å². The van der Waals surface area contributed by atoms with Gasteiger partial charge in [0.1, 0.15) is 11.6 Å². The van der Waals surface area contributed by atoms with Crippen molar-refractivity contribution in [1.29, 1.82) is 0 Å². The van der Waals surface area contributed by atoms with Gasteiger partial charge in [-0.05, 0) is 43.8 Å². The van der Waals surface area contributed by atoms with Crippen LogP contribution >= 0.6 is 24.0 Å². The van der Waals surface area contributed by atoms with Crippen LogP contribution in [0.5, 0.6) is 0 Å². The first-order valence-electron chi connectivity index (χ1n) is 8.93. The number of nitrogens with one attached hydrogen (secondary N) is 1. The second-order valence-electron chi connectivity index (χ2n) is 7.40. The van der Waals surface area contributed by atoms with Gasteiger partial charge in [-0.25, -0.2) is 9.37 Å². The first kappa shape index (κ1) is 19.6. The number of benzene rings is 1. The molecule has 2 aromatic rings. The smallest absolute Gasteiger partial charge is 0.146 e. The highest BCUT2D eigenvalue weighted by atomic mass is 35.5. The number of nitrogens with zero attached hydrogens (tertiary/aromatic N) is 3. The Morgan fingerprint density at radius 1 is 1.35 bits per heavy atom. The van der Waals surface area contributed by atoms with Gasteiger partial charge in [-0.1, -0.05) is 23.7 Å². The molecule has 1 N–H and O–H groups in total. The third kappa shape index (κ3) is 3.77. The maximum absolute atomic E-state index is 14.4. The molecule has 1 spiro atoms. The van der Waals surface area contributed by atoms with E-state index in [4.69, 9.17) is 11.6 Å². The van der Waals surface area contributed by atoms with E-state index < -0.39 is 0 Å². The van der Waals surface area contributed by atoms with E-state index >= 15 is 0 Å². The molecule has 1 aromatic heterocycles. The molecule has 1 saturated carbocycles. The number of aryl methyl sites for hydroxylation is 1. The summed E-state index contributed by atoms with van der Waals surface area (Å²) < 4.78 is 16.5. The molecule has 26 heavy (non-hydrogen) atoms. The summed E-state index contributed by atoms with van der Waals surface area (Å²) in [6, 6.07) is 5.76. The van der Waals surface area contributed by atoms with E-state index in [1.165, 1.54) is 19.3 Å². The number of piperidine rings is 1. The fraction of sp³-hybridized carbons (Fsp3) is 0.526. The van der Waals surface area contributed by atoms with Crippen molar-refractivity contribution in [2.24, 2.45) is 12.5 Å². The van der Waals surface area contributed by atoms with Gasteiger partial charge in [0.05, 0.1) is 11.6 Å². The molecule has 1 aliphatic heterocycles. The molecule has 142 valence electrons. The van der Waals surface area contributed by atoms with Crippen LogP contribution in [-0.4, -0.2) is 33.6 Å². The molecule has 0 bridgehead atoms. The Morgan fingerprint density at radius 2 is 2.12 bits per heavy atom. The molecule has 4 rings (SSSR count). The van der Waals surface area contributed by atoms with E-state index in [1.807, 2.05) is 36.1 Å². The molecule has 2 aliphatic rings. The van der Waals surface area contributed by atoms with Crippen molar-refractivity contribution in [3.8, 4) is 0 Å². The maximum atomic E-state index is 14.4. The normalized spacial score (nSPS) is 21.0. The lowest BCUT2D eigenvalue weighted by atomic mass is 9.93. The minimum absolute atomic E-state index is 0. The fourth-order valence-corrected chi connectivity index (χ4v) is 4.39. The highest BCUT2D eigenvalue weighted by Crippen LogP contribution is 2.56. The van der Waals surface area contributed by atoms with Gasteiger partial charge in [0.2, 0.25) is 0 Å². The topological polar surface area (TPSA) is 33.1 Å². The van der Waals surface area contributed by atoms with Gasteiger partial charge in [-0.15, -0.1) is 12.4 Å². The number of halogens is 3. The van der Waals surface area contributed by atoms with Crippen molar-refractivity contribution in [2.75, 3.05) is 13.1 Å². The summed E-state index contributed by atoms with van der Waals surface area (Å²) in [7, 11) is 2.01. The van der Waals surface area contributed by atoms with Crippen LogP contribution in [0.3, 0.4) is 0 Å². The number of rotatable bonds is 5. The van der Waals surface area contributed by atoms with Crippen LogP contribution in [0.25, 0.3) is 0 Å². The molecule has 2 heterocycles. The molecule has 7 heteroatoms. The average Bonchev–Trinajstić information content (AvgIpc) is 3.13. The Morgan fingerprint density at radius 3 is 2.81 bits per heavy atom. The summed E-state index contributed by atoms with van der Waals surface area (Å²) >= 11 is 5.98. The van der Waals surface area contributed by atoms with Gasteiger partial charge in [-0.2, -0.15) is 0 Å². The number of aromatic nitrogens is 2. The zero-order valence-corrected chi connectivity index (χ0v) is 16.5. The Balaban J connectivity index is 0.00000196. The first-order valence-corrected chi connectivity index (χ1v) is 9.31. The van der Waals surface area contributed by atoms with Gasteiger partial charge in [-0.3, -0.25) is 4.90 Å². The van der Waals surface area contributed by atoms with E-state index in [1.54, 1.807) is 6.07 Å². The molecule has 1 saturated heterocycles. The molecule has 1 aliphatic carbocycles. The summed E-state index contributed by atoms with van der Waals surface area (Å²) in [6.07, 6.45) is 7.38. The van der Waals surface area contributed by atoms with Crippen LogP contribution in [0.2, 0.25) is 5.02 Å². The SMILES string of the molecule is Cl.Cn1ccnc1CN(Cc1cccc(Cl)c1F)C1CC12CCNCC2. The lowest BCUT2D eigenvalue weighted by Crippen LogP contribution is -2.36. The zero-order chi connectivity index (χ0) is 17.4. The standard InChI is InChI=1S/C19H24ClFN4.ClH/c1-24-10-9-23-17(24)13-25(12-14-3-2-4-15(20)18(14)21)16-11-19(16)5-7-22-8-6-19;/h2-4,9-10,16,22H,5-8,11-13H2,1H3;1H. The van der Waals surface area contributed by atoms with E-state index in [-0.39, 0.29) is 23.2 Å². The van der Waals surface area contributed by atoms with Crippen LogP contribution in [0.4, 0.5) is 4.39 Å². The minimum atomic E-state index is -0.297. The van der Waals surface area contributed by atoms with Gasteiger partial charge < -0.3 is 9.88 Å². The zero-order valence-electron chi connectivity index (χ0n) is 14.9. The van der Waals surface area contributed by atoms with Crippen molar-refractivity contribution in [3.63, 3.8) is 0 Å². The van der Waals surface area contributed by atoms with E-state index in [9.17, 15) is 4.39 Å². The van der Waals surface area contributed by atoms with Crippen molar-refractivity contribution in [3.05, 3.63) is 52.8 Å². The average molecular weight is 399 g/mol. The summed E-state index contributed by atoms with van der Waals surface area (Å²) in [6.45, 7) is 3.46. The second-order valence-corrected chi connectivity index (χ2v) is 7.81. The molecular formula is C19H25Cl2FN4. The Labute approximate surface area is 165 Å². The summed E-state index contributed by atoms with van der Waals surface area (Å²) in [5.74, 6) is 0.715. The predicted molar refractivity (Wildman–Crippen MR) is 104 cm³/mol. The van der Waals surface area contributed by atoms with Gasteiger partial charge in [0.25, 0.3) is 0 Å². The van der Waals surface area contributed by atoms with Crippen LogP contribution in [0.1, 0.15) is 30.7 Å². The van der Waals surface area contributed by atoms with Crippen LogP contribution < -0.4 is 5.32 Å². The third-order valence-corrected chi connectivity index (χ3v) is 6.15. The van der Waals surface area contributed by atoms with Crippen molar-refractivity contribution < 1.29 is 4.39 Å².